The van der Waals surface area contributed by atoms with Crippen molar-refractivity contribution in [1.82, 2.24) is 0 Å². The predicted molar refractivity (Wildman–Crippen MR) is 111 cm³/mol. The van der Waals surface area contributed by atoms with E-state index in [1.165, 1.54) is 6.08 Å². The highest BCUT2D eigenvalue weighted by Gasteiger charge is 2.50. The fourth-order valence-corrected chi connectivity index (χ4v) is 5.19. The van der Waals surface area contributed by atoms with Crippen LogP contribution in [-0.4, -0.2) is 143 Å². The van der Waals surface area contributed by atoms with E-state index in [4.69, 9.17) is 9.47 Å². The Bertz CT molecular complexity index is 688. The maximum atomic E-state index is 10.8. The van der Waals surface area contributed by atoms with Crippen molar-refractivity contribution in [2.24, 2.45) is 17.8 Å². The van der Waals surface area contributed by atoms with E-state index in [-0.39, 0.29) is 18.4 Å². The van der Waals surface area contributed by atoms with Crippen molar-refractivity contribution >= 4 is 0 Å². The van der Waals surface area contributed by atoms with Gasteiger partial charge in [0, 0.05) is 18.4 Å². The fraction of sp³-hybridized carbons (Fsp3) is 0.905. The summed E-state index contributed by atoms with van der Waals surface area (Å²) in [5.74, 6) is -2.21. The van der Waals surface area contributed by atoms with Gasteiger partial charge in [0.05, 0.1) is 31.5 Å². The van der Waals surface area contributed by atoms with Crippen LogP contribution in [0.3, 0.4) is 0 Å². The van der Waals surface area contributed by atoms with Crippen LogP contribution in [0.2, 0.25) is 0 Å². The van der Waals surface area contributed by atoms with Gasteiger partial charge in [0.15, 0.2) is 6.29 Å². The molecule has 3 aliphatic rings. The molecule has 13 nitrogen and oxygen atoms in total. The van der Waals surface area contributed by atoms with Crippen molar-refractivity contribution in [2.75, 3.05) is 19.8 Å². The quantitative estimate of drug-likeness (QED) is 0.148. The van der Waals surface area contributed by atoms with Gasteiger partial charge < -0.3 is 65.6 Å². The first-order chi connectivity index (χ1) is 16.0. The highest BCUT2D eigenvalue weighted by Crippen LogP contribution is 2.39. The highest BCUT2D eigenvalue weighted by molar-refractivity contribution is 5.19. The molecule has 2 fully saturated rings. The number of aliphatic hydroxyl groups is 11. The second-order valence-electron chi connectivity index (χ2n) is 9.44. The Hall–Kier alpha value is -0.780. The summed E-state index contributed by atoms with van der Waals surface area (Å²) in [4.78, 5) is 0. The SMILES string of the molecule is OCC1=C[C@H](C[C@H]2C[C@H](CO)[C@@H](O[C@@H]3O[C@H](CO)[C@@H](O)[C@H](O)[C@H]3O)[C@H](O)[C@H]2O)[C@H](O)[C@@H](O)[C@@H]1O. The van der Waals surface area contributed by atoms with E-state index >= 15 is 0 Å². The Labute approximate surface area is 195 Å². The average Bonchev–Trinajstić information content (AvgIpc) is 2.83. The summed E-state index contributed by atoms with van der Waals surface area (Å²) in [6, 6.07) is 0. The molecule has 2 aliphatic carbocycles. The largest absolute Gasteiger partial charge is 0.396 e. The Morgan fingerprint density at radius 3 is 2.00 bits per heavy atom. The molecule has 34 heavy (non-hydrogen) atoms. The minimum absolute atomic E-state index is 0.0515. The number of hydrogen-bond donors (Lipinski definition) is 11. The fourth-order valence-electron chi connectivity index (χ4n) is 5.19. The molecule has 1 saturated carbocycles. The summed E-state index contributed by atoms with van der Waals surface area (Å²) in [5.41, 5.74) is 0.121. The molecule has 0 bridgehead atoms. The molecule has 1 heterocycles. The van der Waals surface area contributed by atoms with Crippen molar-refractivity contribution in [1.29, 1.82) is 0 Å². The second kappa shape index (κ2) is 11.5. The van der Waals surface area contributed by atoms with Crippen molar-refractivity contribution in [3.8, 4) is 0 Å². The normalized spacial score (nSPS) is 50.1. The Morgan fingerprint density at radius 1 is 0.735 bits per heavy atom. The summed E-state index contributed by atoms with van der Waals surface area (Å²) >= 11 is 0. The summed E-state index contributed by atoms with van der Waals surface area (Å²) < 4.78 is 10.9. The second-order valence-corrected chi connectivity index (χ2v) is 9.44. The molecule has 13 heteroatoms. The number of aliphatic hydroxyl groups excluding tert-OH is 11. The summed E-state index contributed by atoms with van der Waals surface area (Å²) in [6.07, 6.45) is -14.9. The molecule has 0 aromatic heterocycles. The van der Waals surface area contributed by atoms with Gasteiger partial charge in [0.25, 0.3) is 0 Å². The molecule has 0 spiro atoms. The molecule has 0 unspecified atom stereocenters. The Kier molecular flexibility index (Phi) is 9.42. The Morgan fingerprint density at radius 2 is 1.41 bits per heavy atom. The molecular weight excluding hydrogens is 460 g/mol. The van der Waals surface area contributed by atoms with Gasteiger partial charge in [-0.05, 0) is 24.3 Å². The lowest BCUT2D eigenvalue weighted by Gasteiger charge is -2.47. The molecule has 0 radical (unpaired) electrons. The van der Waals surface area contributed by atoms with E-state index in [9.17, 15) is 56.2 Å². The smallest absolute Gasteiger partial charge is 0.187 e. The maximum absolute atomic E-state index is 10.8. The van der Waals surface area contributed by atoms with Gasteiger partial charge in [0.2, 0.25) is 0 Å². The van der Waals surface area contributed by atoms with Gasteiger partial charge in [-0.1, -0.05) is 6.08 Å². The first-order valence-electron chi connectivity index (χ1n) is 11.3. The molecule has 14 atom stereocenters. The number of ether oxygens (including phenoxy) is 2. The maximum Gasteiger partial charge on any atom is 0.187 e. The summed E-state index contributed by atoms with van der Waals surface area (Å²) in [7, 11) is 0. The third-order valence-electron chi connectivity index (χ3n) is 7.29. The molecule has 1 saturated heterocycles. The van der Waals surface area contributed by atoms with Crippen LogP contribution in [-0.2, 0) is 9.47 Å². The average molecular weight is 497 g/mol. The van der Waals surface area contributed by atoms with Crippen LogP contribution in [0.15, 0.2) is 11.6 Å². The summed E-state index contributed by atoms with van der Waals surface area (Å²) in [6.45, 7) is -1.71. The monoisotopic (exact) mass is 496 g/mol. The molecule has 1 aliphatic heterocycles. The topological polar surface area (TPSA) is 241 Å². The lowest BCUT2D eigenvalue weighted by molar-refractivity contribution is -0.329. The van der Waals surface area contributed by atoms with Crippen molar-refractivity contribution < 1.29 is 65.6 Å². The zero-order chi connectivity index (χ0) is 25.3. The van der Waals surface area contributed by atoms with E-state index in [0.717, 1.165) is 0 Å². The molecule has 0 aromatic carbocycles. The van der Waals surface area contributed by atoms with Gasteiger partial charge >= 0.3 is 0 Å². The van der Waals surface area contributed by atoms with Gasteiger partial charge in [-0.25, -0.2) is 0 Å². The predicted octanol–water partition coefficient (Wildman–Crippen LogP) is -5.46. The minimum Gasteiger partial charge on any atom is -0.396 e. The third-order valence-corrected chi connectivity index (χ3v) is 7.29. The van der Waals surface area contributed by atoms with Gasteiger partial charge in [-0.3, -0.25) is 0 Å². The van der Waals surface area contributed by atoms with Crippen molar-refractivity contribution in [3.05, 3.63) is 11.6 Å². The number of rotatable bonds is 7. The van der Waals surface area contributed by atoms with Crippen molar-refractivity contribution in [2.45, 2.75) is 80.2 Å². The van der Waals surface area contributed by atoms with E-state index < -0.39 is 105 Å². The van der Waals surface area contributed by atoms with Crippen LogP contribution >= 0.6 is 0 Å². The highest BCUT2D eigenvalue weighted by atomic mass is 16.7. The summed E-state index contributed by atoms with van der Waals surface area (Å²) in [5, 5.41) is 111. The van der Waals surface area contributed by atoms with E-state index in [0.29, 0.717) is 0 Å². The first kappa shape index (κ1) is 27.8. The van der Waals surface area contributed by atoms with Gasteiger partial charge in [-0.2, -0.15) is 0 Å². The van der Waals surface area contributed by atoms with Crippen LogP contribution in [0.4, 0.5) is 0 Å². The van der Waals surface area contributed by atoms with Crippen LogP contribution in [0.5, 0.6) is 0 Å². The molecule has 0 aromatic rings. The molecular formula is C21H36O13. The third kappa shape index (κ3) is 5.32. The van der Waals surface area contributed by atoms with Crippen LogP contribution in [0, 0.1) is 17.8 Å². The standard InChI is InChI=1S/C21H36O13/c22-4-9-2-7(12(25)16(29)14(9)27)1-8-3-10(5-23)20(18(31)13(8)26)34-21-19(32)17(30)15(28)11(6-24)33-21/h2,7-8,10-32H,1,3-6H2/t7-,8-,10+,11+,12-,13-,14+,15+,16+,17-,18+,19+,20+,21-/m0/s1. The molecule has 3 rings (SSSR count). The minimum atomic E-state index is -1.73. The van der Waals surface area contributed by atoms with E-state index in [2.05, 4.69) is 0 Å². The zero-order valence-corrected chi connectivity index (χ0v) is 18.4. The van der Waals surface area contributed by atoms with Gasteiger partial charge in [-0.15, -0.1) is 0 Å². The van der Waals surface area contributed by atoms with Crippen molar-refractivity contribution in [3.63, 3.8) is 0 Å². The van der Waals surface area contributed by atoms with Crippen LogP contribution < -0.4 is 0 Å². The zero-order valence-electron chi connectivity index (χ0n) is 18.4. The molecule has 11 N–H and O–H groups in total. The first-order valence-corrected chi connectivity index (χ1v) is 11.3. The molecule has 198 valence electrons. The molecule has 0 amide bonds. The Balaban J connectivity index is 1.73. The van der Waals surface area contributed by atoms with Gasteiger partial charge in [0.1, 0.15) is 42.7 Å². The van der Waals surface area contributed by atoms with E-state index in [1.807, 2.05) is 0 Å². The lowest BCUT2D eigenvalue weighted by atomic mass is 9.70. The lowest BCUT2D eigenvalue weighted by Crippen LogP contribution is -2.62. The van der Waals surface area contributed by atoms with Crippen LogP contribution in [0.25, 0.3) is 0 Å². The van der Waals surface area contributed by atoms with E-state index in [1.54, 1.807) is 0 Å². The van der Waals surface area contributed by atoms with Crippen LogP contribution in [0.1, 0.15) is 12.8 Å². The number of hydrogen-bond acceptors (Lipinski definition) is 13.